The second-order valence-corrected chi connectivity index (χ2v) is 6.40. The number of carbonyl (C=O) groups excluding carboxylic acids is 1. The van der Waals surface area contributed by atoms with Crippen LogP contribution in [0.5, 0.6) is 0 Å². The standard InChI is InChI=1S/C19H23N3O/c1-21-11-13-22(14-12-21)15-16-7-9-17(10-8-16)19(23)20-18-5-3-2-4-6-18/h2-10H,11-15H2,1H3,(H,20,23)/p+2. The number of hydrogen-bond donors (Lipinski definition) is 3. The molecule has 0 radical (unpaired) electrons. The molecule has 1 fully saturated rings. The molecule has 1 heterocycles. The van der Waals surface area contributed by atoms with Crippen molar-refractivity contribution >= 4 is 11.6 Å². The smallest absolute Gasteiger partial charge is 0.255 e. The molecule has 4 heteroatoms. The summed E-state index contributed by atoms with van der Waals surface area (Å²) in [4.78, 5) is 15.5. The van der Waals surface area contributed by atoms with Crippen LogP contribution in [-0.4, -0.2) is 39.1 Å². The molecule has 3 N–H and O–H groups in total. The molecule has 1 saturated heterocycles. The molecule has 0 atom stereocenters. The van der Waals surface area contributed by atoms with E-state index in [1.54, 1.807) is 9.80 Å². The lowest BCUT2D eigenvalue weighted by Gasteiger charge is -2.27. The van der Waals surface area contributed by atoms with Crippen molar-refractivity contribution < 1.29 is 14.6 Å². The highest BCUT2D eigenvalue weighted by molar-refractivity contribution is 6.04. The molecule has 4 nitrogen and oxygen atoms in total. The van der Waals surface area contributed by atoms with E-state index >= 15 is 0 Å². The lowest BCUT2D eigenvalue weighted by Crippen LogP contribution is -3.26. The first-order valence-electron chi connectivity index (χ1n) is 8.31. The van der Waals surface area contributed by atoms with E-state index < -0.39 is 0 Å². The minimum atomic E-state index is -0.0571. The fraction of sp³-hybridized carbons (Fsp3) is 0.316. The summed E-state index contributed by atoms with van der Waals surface area (Å²) in [6.07, 6.45) is 0. The van der Waals surface area contributed by atoms with E-state index in [1.165, 1.54) is 31.7 Å². The molecule has 1 aliphatic rings. The average molecular weight is 311 g/mol. The van der Waals surface area contributed by atoms with Gasteiger partial charge in [0.25, 0.3) is 5.91 Å². The third kappa shape index (κ3) is 4.41. The van der Waals surface area contributed by atoms with Crippen molar-refractivity contribution in [3.8, 4) is 0 Å². The molecule has 2 aromatic carbocycles. The minimum Gasteiger partial charge on any atom is -0.328 e. The van der Waals surface area contributed by atoms with Gasteiger partial charge in [-0.05, 0) is 24.3 Å². The lowest BCUT2D eigenvalue weighted by molar-refractivity contribution is -1.01. The molecule has 1 aliphatic heterocycles. The van der Waals surface area contributed by atoms with E-state index in [2.05, 4.69) is 24.5 Å². The van der Waals surface area contributed by atoms with Crippen molar-refractivity contribution in [3.63, 3.8) is 0 Å². The Morgan fingerprint density at radius 2 is 1.61 bits per heavy atom. The third-order valence-corrected chi connectivity index (χ3v) is 4.51. The highest BCUT2D eigenvalue weighted by Crippen LogP contribution is 2.09. The van der Waals surface area contributed by atoms with Gasteiger partial charge >= 0.3 is 0 Å². The van der Waals surface area contributed by atoms with Gasteiger partial charge in [0, 0.05) is 16.8 Å². The molecule has 0 bridgehead atoms. The minimum absolute atomic E-state index is 0.0571. The summed E-state index contributed by atoms with van der Waals surface area (Å²) in [6, 6.07) is 17.6. The molecular formula is C19H25N3O+2. The molecule has 23 heavy (non-hydrogen) atoms. The van der Waals surface area contributed by atoms with Crippen LogP contribution in [0.1, 0.15) is 15.9 Å². The monoisotopic (exact) mass is 311 g/mol. The Hall–Kier alpha value is -2.17. The van der Waals surface area contributed by atoms with Crippen molar-refractivity contribution in [2.75, 3.05) is 38.5 Å². The van der Waals surface area contributed by atoms with Gasteiger partial charge in [-0.25, -0.2) is 0 Å². The molecule has 0 unspecified atom stereocenters. The van der Waals surface area contributed by atoms with Crippen LogP contribution in [0.2, 0.25) is 0 Å². The second kappa shape index (κ2) is 7.40. The summed E-state index contributed by atoms with van der Waals surface area (Å²) >= 11 is 0. The SMILES string of the molecule is C[NH+]1CC[NH+](Cc2ccc(C(=O)Nc3ccccc3)cc2)CC1. The zero-order chi connectivity index (χ0) is 16.1. The van der Waals surface area contributed by atoms with Gasteiger partial charge in [0.2, 0.25) is 0 Å². The number of carbonyl (C=O) groups is 1. The highest BCUT2D eigenvalue weighted by Gasteiger charge is 2.19. The van der Waals surface area contributed by atoms with Crippen molar-refractivity contribution in [2.45, 2.75) is 6.54 Å². The fourth-order valence-corrected chi connectivity index (χ4v) is 2.99. The second-order valence-electron chi connectivity index (χ2n) is 6.40. The summed E-state index contributed by atoms with van der Waals surface area (Å²) in [5.74, 6) is -0.0571. The van der Waals surface area contributed by atoms with Crippen LogP contribution in [0.3, 0.4) is 0 Å². The van der Waals surface area contributed by atoms with Crippen LogP contribution < -0.4 is 15.1 Å². The highest BCUT2D eigenvalue weighted by atomic mass is 16.1. The van der Waals surface area contributed by atoms with E-state index in [4.69, 9.17) is 0 Å². The number of quaternary nitrogens is 2. The Balaban J connectivity index is 1.57. The van der Waals surface area contributed by atoms with E-state index in [9.17, 15) is 4.79 Å². The Morgan fingerprint density at radius 1 is 0.957 bits per heavy atom. The summed E-state index contributed by atoms with van der Waals surface area (Å²) in [5.41, 5.74) is 2.83. The molecule has 0 aliphatic carbocycles. The van der Waals surface area contributed by atoms with Gasteiger partial charge in [-0.15, -0.1) is 0 Å². The van der Waals surface area contributed by atoms with Gasteiger partial charge in [0.05, 0.1) is 7.05 Å². The van der Waals surface area contributed by atoms with Gasteiger partial charge in [-0.2, -0.15) is 0 Å². The number of nitrogens with one attached hydrogen (secondary N) is 3. The molecule has 1 amide bonds. The van der Waals surface area contributed by atoms with Crippen molar-refractivity contribution in [1.29, 1.82) is 0 Å². The number of benzene rings is 2. The largest absolute Gasteiger partial charge is 0.328 e. The van der Waals surface area contributed by atoms with Crippen LogP contribution in [0.15, 0.2) is 54.6 Å². The maximum atomic E-state index is 12.2. The number of rotatable bonds is 4. The first-order valence-corrected chi connectivity index (χ1v) is 8.31. The van der Waals surface area contributed by atoms with Crippen LogP contribution in [0.25, 0.3) is 0 Å². The van der Waals surface area contributed by atoms with Gasteiger partial charge in [0.15, 0.2) is 0 Å². The summed E-state index contributed by atoms with van der Waals surface area (Å²) in [5, 5.41) is 2.92. The first-order chi connectivity index (χ1) is 11.2. The summed E-state index contributed by atoms with van der Waals surface area (Å²) < 4.78 is 0. The van der Waals surface area contributed by atoms with Crippen LogP contribution in [-0.2, 0) is 6.54 Å². The molecule has 2 aromatic rings. The number of hydrogen-bond acceptors (Lipinski definition) is 1. The Bertz CT molecular complexity index is 631. The first kappa shape index (κ1) is 15.7. The number of likely N-dealkylation sites (N-methyl/N-ethyl adjacent to an activating group) is 1. The topological polar surface area (TPSA) is 38.0 Å². The summed E-state index contributed by atoms with van der Waals surface area (Å²) in [7, 11) is 2.26. The molecule has 0 aromatic heterocycles. The van der Waals surface area contributed by atoms with E-state index in [0.29, 0.717) is 5.56 Å². The van der Waals surface area contributed by atoms with Gasteiger partial charge in [0.1, 0.15) is 32.7 Å². The fourth-order valence-electron chi connectivity index (χ4n) is 2.99. The maximum absolute atomic E-state index is 12.2. The van der Waals surface area contributed by atoms with Crippen molar-refractivity contribution in [3.05, 3.63) is 65.7 Å². The number of amides is 1. The van der Waals surface area contributed by atoms with Crippen LogP contribution >= 0.6 is 0 Å². The molecule has 3 rings (SSSR count). The quantitative estimate of drug-likeness (QED) is 0.722. The normalized spacial score (nSPS) is 20.9. The molecular weight excluding hydrogens is 286 g/mol. The number of para-hydroxylation sites is 1. The molecule has 0 saturated carbocycles. The van der Waals surface area contributed by atoms with Crippen LogP contribution in [0.4, 0.5) is 5.69 Å². The van der Waals surface area contributed by atoms with E-state index in [1.807, 2.05) is 42.5 Å². The molecule has 0 spiro atoms. The Morgan fingerprint density at radius 3 is 2.26 bits per heavy atom. The van der Waals surface area contributed by atoms with Gasteiger partial charge in [-0.1, -0.05) is 30.3 Å². The Labute approximate surface area is 137 Å². The lowest BCUT2D eigenvalue weighted by atomic mass is 10.1. The van der Waals surface area contributed by atoms with Crippen molar-refractivity contribution in [2.24, 2.45) is 0 Å². The van der Waals surface area contributed by atoms with Gasteiger partial charge in [-0.3, -0.25) is 4.79 Å². The average Bonchev–Trinajstić information content (AvgIpc) is 2.58. The number of piperazine rings is 1. The molecule has 120 valence electrons. The van der Waals surface area contributed by atoms with E-state index in [0.717, 1.165) is 12.2 Å². The van der Waals surface area contributed by atoms with E-state index in [-0.39, 0.29) is 5.91 Å². The third-order valence-electron chi connectivity index (χ3n) is 4.51. The predicted molar refractivity (Wildman–Crippen MR) is 91.9 cm³/mol. The number of anilines is 1. The predicted octanol–water partition coefficient (Wildman–Crippen LogP) is -0.148. The summed E-state index contributed by atoms with van der Waals surface area (Å²) in [6.45, 7) is 5.98. The zero-order valence-electron chi connectivity index (χ0n) is 13.6. The maximum Gasteiger partial charge on any atom is 0.255 e. The van der Waals surface area contributed by atoms with Crippen LogP contribution in [0, 0.1) is 0 Å². The zero-order valence-corrected chi connectivity index (χ0v) is 13.6. The van der Waals surface area contributed by atoms with Gasteiger partial charge < -0.3 is 15.1 Å². The Kier molecular flexibility index (Phi) is 5.05. The van der Waals surface area contributed by atoms with Crippen molar-refractivity contribution in [1.82, 2.24) is 0 Å².